The van der Waals surface area contributed by atoms with Gasteiger partial charge in [0.1, 0.15) is 5.75 Å². The molecule has 1 N–H and O–H groups in total. The third-order valence-corrected chi connectivity index (χ3v) is 7.56. The van der Waals surface area contributed by atoms with Crippen LogP contribution in [0.4, 0.5) is 8.78 Å². The average Bonchev–Trinajstić information content (AvgIpc) is 2.85. The van der Waals surface area contributed by atoms with Gasteiger partial charge in [0.25, 0.3) is 0 Å². The van der Waals surface area contributed by atoms with Gasteiger partial charge in [-0.05, 0) is 60.5 Å². The zero-order valence-corrected chi connectivity index (χ0v) is 21.6. The summed E-state index contributed by atoms with van der Waals surface area (Å²) in [5, 5.41) is 3.39. The zero-order valence-electron chi connectivity index (χ0n) is 21.6. The Morgan fingerprint density at radius 1 is 1.00 bits per heavy atom. The monoisotopic (exact) mass is 499 g/mol. The molecule has 0 aromatic heterocycles. The van der Waals surface area contributed by atoms with E-state index in [0.717, 1.165) is 50.1 Å². The molecule has 2 atom stereocenters. The maximum atomic E-state index is 13.5. The van der Waals surface area contributed by atoms with Gasteiger partial charge in [-0.3, -0.25) is 9.69 Å². The summed E-state index contributed by atoms with van der Waals surface area (Å²) >= 11 is 0. The number of piperidine rings is 1. The van der Waals surface area contributed by atoms with Crippen molar-refractivity contribution in [1.82, 2.24) is 15.1 Å². The highest BCUT2D eigenvalue weighted by atomic mass is 19.3. The molecule has 2 heterocycles. The number of nitrogens with zero attached hydrogens (tertiary/aromatic N) is 2. The van der Waals surface area contributed by atoms with Gasteiger partial charge in [-0.15, -0.1) is 0 Å². The predicted molar refractivity (Wildman–Crippen MR) is 138 cm³/mol. The molecule has 1 amide bonds. The number of nitrogens with one attached hydrogen (secondary N) is 1. The Kier molecular flexibility index (Phi) is 8.62. The summed E-state index contributed by atoms with van der Waals surface area (Å²) in [6.45, 7) is 7.95. The van der Waals surface area contributed by atoms with Crippen molar-refractivity contribution < 1.29 is 18.3 Å². The van der Waals surface area contributed by atoms with Gasteiger partial charge in [0.15, 0.2) is 0 Å². The Morgan fingerprint density at radius 3 is 2.25 bits per heavy atom. The molecule has 7 heteroatoms. The van der Waals surface area contributed by atoms with Crippen LogP contribution < -0.4 is 10.1 Å². The van der Waals surface area contributed by atoms with Crippen molar-refractivity contribution in [1.29, 1.82) is 0 Å². The van der Waals surface area contributed by atoms with Crippen LogP contribution in [0, 0.1) is 11.3 Å². The van der Waals surface area contributed by atoms with Crippen molar-refractivity contribution in [2.24, 2.45) is 11.3 Å². The number of rotatable bonds is 7. The first-order valence-electron chi connectivity index (χ1n) is 13.1. The van der Waals surface area contributed by atoms with E-state index in [0.29, 0.717) is 18.9 Å². The number of carbonyl (C=O) groups excluding carboxylic acids is 1. The van der Waals surface area contributed by atoms with Crippen molar-refractivity contribution in [3.05, 3.63) is 65.7 Å². The SMILES string of the molecule is CC(C)(C)[C@H]1CN(C(c2ccccc2)c2ccc(OC(F)F)cc2)CCN1C(=O)CC1CCNCC1. The topological polar surface area (TPSA) is 44.8 Å². The molecule has 0 radical (unpaired) electrons. The minimum absolute atomic E-state index is 0.0432. The van der Waals surface area contributed by atoms with Crippen LogP contribution in [0.25, 0.3) is 0 Å². The van der Waals surface area contributed by atoms with E-state index in [-0.39, 0.29) is 29.2 Å². The molecule has 0 bridgehead atoms. The molecule has 2 aromatic carbocycles. The number of halogens is 2. The molecular weight excluding hydrogens is 460 g/mol. The van der Waals surface area contributed by atoms with Gasteiger partial charge in [-0.2, -0.15) is 8.78 Å². The van der Waals surface area contributed by atoms with Crippen LogP contribution in [0.3, 0.4) is 0 Å². The quantitative estimate of drug-likeness (QED) is 0.560. The van der Waals surface area contributed by atoms with Crippen LogP contribution in [0.1, 0.15) is 57.2 Å². The van der Waals surface area contributed by atoms with E-state index in [9.17, 15) is 13.6 Å². The first-order chi connectivity index (χ1) is 17.2. The van der Waals surface area contributed by atoms with E-state index < -0.39 is 6.61 Å². The lowest BCUT2D eigenvalue weighted by molar-refractivity contribution is -0.141. The standard InChI is InChI=1S/C29H39F2N3O2/c1-29(2,3)25-20-33(17-18-34(25)26(35)19-21-13-15-32-16-14-21)27(22-7-5-4-6-8-22)23-9-11-24(12-10-23)36-28(30)31/h4-12,21,25,27-28,32H,13-20H2,1-3H3/t25-,27?/m1/s1. The van der Waals surface area contributed by atoms with E-state index in [1.807, 2.05) is 30.3 Å². The Labute approximate surface area is 213 Å². The summed E-state index contributed by atoms with van der Waals surface area (Å²) in [7, 11) is 0. The van der Waals surface area contributed by atoms with Crippen molar-refractivity contribution in [3.8, 4) is 5.75 Å². The number of alkyl halides is 2. The number of carbonyl (C=O) groups is 1. The Hall–Kier alpha value is -2.51. The lowest BCUT2D eigenvalue weighted by Crippen LogP contribution is -2.60. The van der Waals surface area contributed by atoms with Crippen LogP contribution in [0.5, 0.6) is 5.75 Å². The first-order valence-corrected chi connectivity index (χ1v) is 13.1. The van der Waals surface area contributed by atoms with Crippen molar-refractivity contribution in [3.63, 3.8) is 0 Å². The van der Waals surface area contributed by atoms with Crippen LogP contribution in [0.15, 0.2) is 54.6 Å². The van der Waals surface area contributed by atoms with E-state index >= 15 is 0 Å². The molecule has 2 aromatic rings. The Morgan fingerprint density at radius 2 is 1.64 bits per heavy atom. The highest BCUT2D eigenvalue weighted by Gasteiger charge is 2.40. The second-order valence-corrected chi connectivity index (χ2v) is 11.1. The van der Waals surface area contributed by atoms with Gasteiger partial charge in [-0.25, -0.2) is 0 Å². The van der Waals surface area contributed by atoms with Crippen LogP contribution in [-0.4, -0.2) is 61.1 Å². The van der Waals surface area contributed by atoms with Crippen LogP contribution >= 0.6 is 0 Å². The predicted octanol–water partition coefficient (Wildman–Crippen LogP) is 5.33. The van der Waals surface area contributed by atoms with Gasteiger partial charge in [0, 0.05) is 32.1 Å². The van der Waals surface area contributed by atoms with Crippen LogP contribution in [-0.2, 0) is 4.79 Å². The second-order valence-electron chi connectivity index (χ2n) is 11.1. The minimum Gasteiger partial charge on any atom is -0.435 e. The summed E-state index contributed by atoms with van der Waals surface area (Å²) < 4.78 is 29.9. The van der Waals surface area contributed by atoms with Gasteiger partial charge >= 0.3 is 6.61 Å². The van der Waals surface area contributed by atoms with Gasteiger partial charge in [0.2, 0.25) is 5.91 Å². The fraction of sp³-hybridized carbons (Fsp3) is 0.552. The molecule has 5 nitrogen and oxygen atoms in total. The normalized spacial score (nSPS) is 20.9. The Bertz CT molecular complexity index is 972. The third-order valence-electron chi connectivity index (χ3n) is 7.56. The van der Waals surface area contributed by atoms with Gasteiger partial charge in [-0.1, -0.05) is 63.2 Å². The fourth-order valence-corrected chi connectivity index (χ4v) is 5.61. The van der Waals surface area contributed by atoms with Crippen LogP contribution in [0.2, 0.25) is 0 Å². The summed E-state index contributed by atoms with van der Waals surface area (Å²) in [4.78, 5) is 18.0. The fourth-order valence-electron chi connectivity index (χ4n) is 5.61. The van der Waals surface area contributed by atoms with E-state index in [4.69, 9.17) is 0 Å². The second kappa shape index (κ2) is 11.7. The van der Waals surface area contributed by atoms with Gasteiger partial charge in [0.05, 0.1) is 6.04 Å². The lowest BCUT2D eigenvalue weighted by Gasteiger charge is -2.49. The molecule has 2 aliphatic rings. The molecule has 0 spiro atoms. The summed E-state index contributed by atoms with van der Waals surface area (Å²) in [6.07, 6.45) is 2.75. The molecule has 2 saturated heterocycles. The Balaban J connectivity index is 1.57. The van der Waals surface area contributed by atoms with Crippen molar-refractivity contribution in [2.45, 2.75) is 58.7 Å². The number of hydrogen-bond acceptors (Lipinski definition) is 4. The molecular formula is C29H39F2N3O2. The number of benzene rings is 2. The van der Waals surface area contributed by atoms with Crippen molar-refractivity contribution >= 4 is 5.91 Å². The lowest BCUT2D eigenvalue weighted by atomic mass is 9.82. The largest absolute Gasteiger partial charge is 0.435 e. The zero-order chi connectivity index (χ0) is 25.7. The van der Waals surface area contributed by atoms with E-state index in [2.05, 4.69) is 52.8 Å². The first kappa shape index (κ1) is 26.6. The number of amides is 1. The maximum Gasteiger partial charge on any atom is 0.387 e. The maximum absolute atomic E-state index is 13.5. The molecule has 36 heavy (non-hydrogen) atoms. The van der Waals surface area contributed by atoms with E-state index in [1.165, 1.54) is 0 Å². The van der Waals surface area contributed by atoms with Crippen molar-refractivity contribution in [2.75, 3.05) is 32.7 Å². The number of hydrogen-bond donors (Lipinski definition) is 1. The summed E-state index contributed by atoms with van der Waals surface area (Å²) in [6, 6.07) is 17.2. The number of piperazine rings is 1. The summed E-state index contributed by atoms with van der Waals surface area (Å²) in [5.41, 5.74) is 2.07. The smallest absolute Gasteiger partial charge is 0.387 e. The van der Waals surface area contributed by atoms with Gasteiger partial charge < -0.3 is 15.0 Å². The molecule has 196 valence electrons. The molecule has 1 unspecified atom stereocenters. The molecule has 2 aliphatic heterocycles. The highest BCUT2D eigenvalue weighted by molar-refractivity contribution is 5.77. The molecule has 0 aliphatic carbocycles. The van der Waals surface area contributed by atoms with E-state index in [1.54, 1.807) is 12.1 Å². The average molecular weight is 500 g/mol. The molecule has 2 fully saturated rings. The molecule has 0 saturated carbocycles. The minimum atomic E-state index is -2.84. The third kappa shape index (κ3) is 6.62. The molecule has 4 rings (SSSR count). The summed E-state index contributed by atoms with van der Waals surface area (Å²) in [5.74, 6) is 0.885. The highest BCUT2D eigenvalue weighted by Crippen LogP contribution is 2.36. The number of ether oxygens (including phenoxy) is 1.